The van der Waals surface area contributed by atoms with E-state index in [0.717, 1.165) is 11.1 Å². The number of hydrogen-bond acceptors (Lipinski definition) is 1. The molecule has 98 valence electrons. The molecule has 1 atom stereocenters. The number of nitrogens with one attached hydrogen (secondary N) is 1. The lowest BCUT2D eigenvalue weighted by Crippen LogP contribution is -2.30. The molecule has 0 saturated heterocycles. The van der Waals surface area contributed by atoms with Crippen LogP contribution in [0.4, 0.5) is 0 Å². The maximum atomic E-state index is 11.6. The van der Waals surface area contributed by atoms with Crippen LogP contribution in [-0.4, -0.2) is 11.8 Å². The van der Waals surface area contributed by atoms with Crippen molar-refractivity contribution in [2.24, 2.45) is 0 Å². The van der Waals surface area contributed by atoms with E-state index in [9.17, 15) is 4.79 Å². The topological polar surface area (TPSA) is 29.1 Å². The second-order valence-corrected chi connectivity index (χ2v) is 4.72. The van der Waals surface area contributed by atoms with E-state index in [4.69, 9.17) is 11.6 Å². The van der Waals surface area contributed by atoms with E-state index >= 15 is 0 Å². The van der Waals surface area contributed by atoms with Gasteiger partial charge in [0, 0.05) is 0 Å². The first-order chi connectivity index (χ1) is 9.20. The first kappa shape index (κ1) is 13.6. The zero-order chi connectivity index (χ0) is 13.7. The van der Waals surface area contributed by atoms with Gasteiger partial charge in [0.25, 0.3) is 0 Å². The molecule has 2 aromatic carbocycles. The van der Waals surface area contributed by atoms with Crippen LogP contribution < -0.4 is 5.32 Å². The smallest absolute Gasteiger partial charge is 0.235 e. The van der Waals surface area contributed by atoms with Crippen molar-refractivity contribution in [3.05, 3.63) is 71.3 Å². The summed E-state index contributed by atoms with van der Waals surface area (Å²) in [6.07, 6.45) is 0. The van der Waals surface area contributed by atoms with E-state index in [1.54, 1.807) is 0 Å². The summed E-state index contributed by atoms with van der Waals surface area (Å²) in [5, 5.41) is 2.95. The molecule has 19 heavy (non-hydrogen) atoms. The Labute approximate surface area is 118 Å². The number of amides is 1. The van der Waals surface area contributed by atoms with Crippen molar-refractivity contribution >= 4 is 17.5 Å². The van der Waals surface area contributed by atoms with Gasteiger partial charge >= 0.3 is 0 Å². The lowest BCUT2D eigenvalue weighted by atomic mass is 9.98. The Bertz CT molecular complexity index is 536. The van der Waals surface area contributed by atoms with Gasteiger partial charge in [-0.2, -0.15) is 0 Å². The van der Waals surface area contributed by atoms with Crippen LogP contribution in [0.15, 0.2) is 54.6 Å². The number of alkyl halides is 1. The van der Waals surface area contributed by atoms with Gasteiger partial charge in [0.15, 0.2) is 0 Å². The Kier molecular flexibility index (Phi) is 4.58. The maximum Gasteiger partial charge on any atom is 0.235 e. The van der Waals surface area contributed by atoms with Crippen molar-refractivity contribution in [3.63, 3.8) is 0 Å². The van der Waals surface area contributed by atoms with E-state index in [1.165, 1.54) is 5.56 Å². The first-order valence-electron chi connectivity index (χ1n) is 6.17. The molecule has 0 radical (unpaired) electrons. The standard InChI is InChI=1S/C16H16ClNO/c1-12-7-9-14(10-8-12)16(18-15(19)11-17)13-5-3-2-4-6-13/h2-10,16H,11H2,1H3,(H,18,19)/t16-/m0/s1. The number of benzene rings is 2. The highest BCUT2D eigenvalue weighted by molar-refractivity contribution is 6.27. The zero-order valence-electron chi connectivity index (χ0n) is 10.8. The number of carbonyl (C=O) groups excluding carboxylic acids is 1. The molecular weight excluding hydrogens is 258 g/mol. The van der Waals surface area contributed by atoms with Gasteiger partial charge in [-0.3, -0.25) is 4.79 Å². The molecule has 0 bridgehead atoms. The number of rotatable bonds is 4. The third-order valence-corrected chi connectivity index (χ3v) is 3.21. The molecule has 0 aliphatic carbocycles. The van der Waals surface area contributed by atoms with Crippen LogP contribution in [0.2, 0.25) is 0 Å². The quantitative estimate of drug-likeness (QED) is 0.850. The van der Waals surface area contributed by atoms with Crippen molar-refractivity contribution in [1.29, 1.82) is 0 Å². The van der Waals surface area contributed by atoms with Gasteiger partial charge in [0.05, 0.1) is 6.04 Å². The first-order valence-corrected chi connectivity index (χ1v) is 6.71. The van der Waals surface area contributed by atoms with Gasteiger partial charge in [0.1, 0.15) is 5.88 Å². The minimum Gasteiger partial charge on any atom is -0.344 e. The molecule has 0 aromatic heterocycles. The summed E-state index contributed by atoms with van der Waals surface area (Å²) in [7, 11) is 0. The molecule has 0 saturated carbocycles. The highest BCUT2D eigenvalue weighted by atomic mass is 35.5. The van der Waals surface area contributed by atoms with Crippen LogP contribution in [-0.2, 0) is 4.79 Å². The average molecular weight is 274 g/mol. The monoisotopic (exact) mass is 273 g/mol. The molecule has 1 amide bonds. The van der Waals surface area contributed by atoms with Crippen LogP contribution >= 0.6 is 11.6 Å². The van der Waals surface area contributed by atoms with Crippen molar-refractivity contribution < 1.29 is 4.79 Å². The second kappa shape index (κ2) is 6.39. The van der Waals surface area contributed by atoms with Gasteiger partial charge in [0.2, 0.25) is 5.91 Å². The van der Waals surface area contributed by atoms with E-state index in [2.05, 4.69) is 5.32 Å². The Hall–Kier alpha value is -1.80. The summed E-state index contributed by atoms with van der Waals surface area (Å²) in [5.41, 5.74) is 3.29. The summed E-state index contributed by atoms with van der Waals surface area (Å²) < 4.78 is 0. The third kappa shape index (κ3) is 3.58. The molecule has 0 aliphatic rings. The predicted molar refractivity (Wildman–Crippen MR) is 78.3 cm³/mol. The Morgan fingerprint density at radius 1 is 1.05 bits per heavy atom. The van der Waals surface area contributed by atoms with Crippen molar-refractivity contribution in [3.8, 4) is 0 Å². The molecule has 0 aliphatic heterocycles. The molecule has 2 aromatic rings. The van der Waals surface area contributed by atoms with Gasteiger partial charge in [-0.15, -0.1) is 11.6 Å². The number of hydrogen-bond donors (Lipinski definition) is 1. The van der Waals surface area contributed by atoms with Crippen LogP contribution in [0.25, 0.3) is 0 Å². The highest BCUT2D eigenvalue weighted by Crippen LogP contribution is 2.22. The van der Waals surface area contributed by atoms with Crippen molar-refractivity contribution in [1.82, 2.24) is 5.32 Å². The number of halogens is 1. The van der Waals surface area contributed by atoms with Crippen LogP contribution in [0.1, 0.15) is 22.7 Å². The van der Waals surface area contributed by atoms with Gasteiger partial charge < -0.3 is 5.32 Å². The normalized spacial score (nSPS) is 11.9. The van der Waals surface area contributed by atoms with Crippen molar-refractivity contribution in [2.75, 3.05) is 5.88 Å². The lowest BCUT2D eigenvalue weighted by Gasteiger charge is -2.19. The molecule has 3 heteroatoms. The van der Waals surface area contributed by atoms with E-state index in [1.807, 2.05) is 61.5 Å². The fourth-order valence-electron chi connectivity index (χ4n) is 1.96. The second-order valence-electron chi connectivity index (χ2n) is 4.46. The molecule has 2 nitrogen and oxygen atoms in total. The van der Waals surface area contributed by atoms with E-state index < -0.39 is 0 Å². The molecular formula is C16H16ClNO. The molecule has 0 heterocycles. The number of aryl methyl sites for hydroxylation is 1. The Morgan fingerprint density at radius 3 is 2.21 bits per heavy atom. The summed E-state index contributed by atoms with van der Waals surface area (Å²) in [4.78, 5) is 11.6. The van der Waals surface area contributed by atoms with Gasteiger partial charge in [-0.1, -0.05) is 60.2 Å². The number of carbonyl (C=O) groups is 1. The van der Waals surface area contributed by atoms with Gasteiger partial charge in [-0.25, -0.2) is 0 Å². The van der Waals surface area contributed by atoms with Crippen LogP contribution in [0, 0.1) is 6.92 Å². The summed E-state index contributed by atoms with van der Waals surface area (Å²) in [5.74, 6) is -0.203. The molecule has 0 unspecified atom stereocenters. The average Bonchev–Trinajstić information content (AvgIpc) is 2.46. The SMILES string of the molecule is Cc1ccc([C@@H](NC(=O)CCl)c2ccccc2)cc1. The van der Waals surface area contributed by atoms with Crippen LogP contribution in [0.3, 0.4) is 0 Å². The van der Waals surface area contributed by atoms with Gasteiger partial charge in [-0.05, 0) is 18.1 Å². The predicted octanol–water partition coefficient (Wildman–Crippen LogP) is 3.44. The lowest BCUT2D eigenvalue weighted by molar-refractivity contribution is -0.119. The zero-order valence-corrected chi connectivity index (χ0v) is 11.5. The minimum absolute atomic E-state index is 0.0325. The Morgan fingerprint density at radius 2 is 1.63 bits per heavy atom. The largest absolute Gasteiger partial charge is 0.344 e. The molecule has 0 spiro atoms. The highest BCUT2D eigenvalue weighted by Gasteiger charge is 2.15. The van der Waals surface area contributed by atoms with Crippen molar-refractivity contribution in [2.45, 2.75) is 13.0 Å². The molecule has 2 rings (SSSR count). The minimum atomic E-state index is -0.170. The van der Waals surface area contributed by atoms with Crippen LogP contribution in [0.5, 0.6) is 0 Å². The summed E-state index contributed by atoms with van der Waals surface area (Å²) >= 11 is 5.58. The maximum absolute atomic E-state index is 11.6. The van der Waals surface area contributed by atoms with E-state index in [0.29, 0.717) is 0 Å². The van der Waals surface area contributed by atoms with E-state index in [-0.39, 0.29) is 17.8 Å². The fraction of sp³-hybridized carbons (Fsp3) is 0.188. The molecule has 0 fully saturated rings. The summed E-state index contributed by atoms with van der Waals surface area (Å²) in [6.45, 7) is 2.04. The fourth-order valence-corrected chi connectivity index (χ4v) is 2.04. The summed E-state index contributed by atoms with van der Waals surface area (Å²) in [6, 6.07) is 17.9. The molecule has 1 N–H and O–H groups in total. The third-order valence-electron chi connectivity index (χ3n) is 2.97. The Balaban J connectivity index is 2.34.